The molecule has 1 heterocycles. The van der Waals surface area contributed by atoms with Gasteiger partial charge in [-0.05, 0) is 30.7 Å². The summed E-state index contributed by atoms with van der Waals surface area (Å²) in [5.74, 6) is 1.74. The Bertz CT molecular complexity index is 537. The second kappa shape index (κ2) is 9.50. The number of para-hydroxylation sites is 1. The summed E-state index contributed by atoms with van der Waals surface area (Å²) in [5, 5.41) is 6.58. The predicted molar refractivity (Wildman–Crippen MR) is 90.4 cm³/mol. The molecule has 0 fully saturated rings. The highest BCUT2D eigenvalue weighted by molar-refractivity contribution is 5.79. The quantitative estimate of drug-likeness (QED) is 0.446. The van der Waals surface area contributed by atoms with Gasteiger partial charge in [-0.3, -0.25) is 4.99 Å². The highest BCUT2D eigenvalue weighted by atomic mass is 16.5. The van der Waals surface area contributed by atoms with Gasteiger partial charge in [0.25, 0.3) is 0 Å². The number of rotatable bonds is 8. The number of hydrogen-bond acceptors (Lipinski definition) is 2. The molecule has 1 aromatic carbocycles. The maximum Gasteiger partial charge on any atom is 0.191 e. The molecule has 0 aliphatic heterocycles. The third kappa shape index (κ3) is 5.91. The second-order valence-corrected chi connectivity index (χ2v) is 4.86. The van der Waals surface area contributed by atoms with Crippen molar-refractivity contribution in [1.82, 2.24) is 15.2 Å². The lowest BCUT2D eigenvalue weighted by atomic mass is 10.3. The van der Waals surface area contributed by atoms with E-state index in [4.69, 9.17) is 4.74 Å². The summed E-state index contributed by atoms with van der Waals surface area (Å²) in [4.78, 5) is 4.21. The van der Waals surface area contributed by atoms with Crippen LogP contribution in [0.3, 0.4) is 0 Å². The van der Waals surface area contributed by atoms with Gasteiger partial charge in [0.05, 0.1) is 6.61 Å². The van der Waals surface area contributed by atoms with E-state index in [0.717, 1.165) is 37.8 Å². The number of nitrogens with one attached hydrogen (secondary N) is 2. The van der Waals surface area contributed by atoms with Crippen molar-refractivity contribution >= 4 is 5.96 Å². The number of benzene rings is 1. The van der Waals surface area contributed by atoms with E-state index in [1.807, 2.05) is 42.5 Å². The highest BCUT2D eigenvalue weighted by Crippen LogP contribution is 2.07. The van der Waals surface area contributed by atoms with Crippen LogP contribution in [0.2, 0.25) is 0 Å². The molecular weight excluding hydrogens is 276 g/mol. The first-order valence-electron chi connectivity index (χ1n) is 7.61. The average molecular weight is 300 g/mol. The second-order valence-electron chi connectivity index (χ2n) is 4.86. The molecule has 0 saturated heterocycles. The number of guanidine groups is 1. The van der Waals surface area contributed by atoms with Crippen LogP contribution in [-0.4, -0.2) is 37.3 Å². The number of aliphatic imine (C=N–C) groups is 1. The van der Waals surface area contributed by atoms with Crippen LogP contribution in [0.15, 0.2) is 59.9 Å². The molecule has 0 bridgehead atoms. The van der Waals surface area contributed by atoms with Crippen molar-refractivity contribution in [2.24, 2.45) is 4.99 Å². The van der Waals surface area contributed by atoms with Crippen LogP contribution in [0.1, 0.15) is 6.42 Å². The van der Waals surface area contributed by atoms with Gasteiger partial charge < -0.3 is 19.9 Å². The normalized spacial score (nSPS) is 11.2. The third-order valence-corrected chi connectivity index (χ3v) is 3.18. The molecule has 0 unspecified atom stereocenters. The van der Waals surface area contributed by atoms with Crippen LogP contribution in [0.4, 0.5) is 0 Å². The molecule has 0 amide bonds. The van der Waals surface area contributed by atoms with Crippen molar-refractivity contribution < 1.29 is 4.74 Å². The number of nitrogens with zero attached hydrogens (tertiary/aromatic N) is 2. The largest absolute Gasteiger partial charge is 0.494 e. The lowest BCUT2D eigenvalue weighted by molar-refractivity contribution is 0.311. The fourth-order valence-electron chi connectivity index (χ4n) is 2.03. The number of aromatic nitrogens is 1. The monoisotopic (exact) mass is 300 g/mol. The van der Waals surface area contributed by atoms with Crippen LogP contribution in [0.25, 0.3) is 0 Å². The molecule has 1 aromatic heterocycles. The topological polar surface area (TPSA) is 50.6 Å². The van der Waals surface area contributed by atoms with Gasteiger partial charge in [-0.2, -0.15) is 0 Å². The molecule has 0 saturated carbocycles. The van der Waals surface area contributed by atoms with E-state index < -0.39 is 0 Å². The van der Waals surface area contributed by atoms with Crippen LogP contribution in [0.5, 0.6) is 5.75 Å². The molecule has 2 rings (SSSR count). The van der Waals surface area contributed by atoms with E-state index in [2.05, 4.69) is 32.6 Å². The minimum absolute atomic E-state index is 0.692. The number of hydrogen-bond donors (Lipinski definition) is 2. The number of ether oxygens (including phenoxy) is 1. The van der Waals surface area contributed by atoms with Gasteiger partial charge in [0, 0.05) is 39.1 Å². The lowest BCUT2D eigenvalue weighted by Crippen LogP contribution is -2.39. The summed E-state index contributed by atoms with van der Waals surface area (Å²) >= 11 is 0. The Hall–Kier alpha value is -2.43. The van der Waals surface area contributed by atoms with Gasteiger partial charge in [0.2, 0.25) is 0 Å². The van der Waals surface area contributed by atoms with E-state index in [0.29, 0.717) is 6.61 Å². The van der Waals surface area contributed by atoms with E-state index in [1.165, 1.54) is 0 Å². The third-order valence-electron chi connectivity index (χ3n) is 3.18. The van der Waals surface area contributed by atoms with Crippen LogP contribution in [-0.2, 0) is 6.54 Å². The Kier molecular flexibility index (Phi) is 6.88. The minimum Gasteiger partial charge on any atom is -0.494 e. The summed E-state index contributed by atoms with van der Waals surface area (Å²) in [6.45, 7) is 3.28. The fraction of sp³-hybridized carbons (Fsp3) is 0.353. The van der Waals surface area contributed by atoms with Crippen molar-refractivity contribution in [3.05, 3.63) is 54.9 Å². The summed E-state index contributed by atoms with van der Waals surface area (Å²) in [7, 11) is 1.78. The highest BCUT2D eigenvalue weighted by Gasteiger charge is 1.97. The fourth-order valence-corrected chi connectivity index (χ4v) is 2.03. The van der Waals surface area contributed by atoms with Crippen molar-refractivity contribution in [3.8, 4) is 5.75 Å². The predicted octanol–water partition coefficient (Wildman–Crippen LogP) is 2.12. The molecular formula is C17H24N4O. The molecule has 0 aliphatic carbocycles. The average Bonchev–Trinajstić information content (AvgIpc) is 3.07. The maximum atomic E-state index is 5.65. The Morgan fingerprint density at radius 2 is 1.77 bits per heavy atom. The van der Waals surface area contributed by atoms with Gasteiger partial charge in [-0.25, -0.2) is 0 Å². The van der Waals surface area contributed by atoms with Gasteiger partial charge in [0.1, 0.15) is 5.75 Å². The van der Waals surface area contributed by atoms with Crippen LogP contribution in [0, 0.1) is 0 Å². The molecule has 0 spiro atoms. The standard InChI is InChI=1S/C17H24N4O/c1-18-17(20-11-14-21-12-5-6-13-21)19-10-7-15-22-16-8-3-2-4-9-16/h2-6,8-9,12-13H,7,10-11,14-15H2,1H3,(H2,18,19,20). The van der Waals surface area contributed by atoms with Gasteiger partial charge in [0.15, 0.2) is 5.96 Å². The minimum atomic E-state index is 0.692. The zero-order valence-corrected chi connectivity index (χ0v) is 13.0. The van der Waals surface area contributed by atoms with Crippen LogP contribution < -0.4 is 15.4 Å². The van der Waals surface area contributed by atoms with E-state index >= 15 is 0 Å². The molecule has 2 N–H and O–H groups in total. The van der Waals surface area contributed by atoms with Crippen molar-refractivity contribution in [2.75, 3.05) is 26.7 Å². The zero-order valence-electron chi connectivity index (χ0n) is 13.0. The van der Waals surface area contributed by atoms with Gasteiger partial charge in [-0.1, -0.05) is 18.2 Å². The molecule has 0 atom stereocenters. The van der Waals surface area contributed by atoms with Gasteiger partial charge in [-0.15, -0.1) is 0 Å². The van der Waals surface area contributed by atoms with E-state index in [1.54, 1.807) is 7.05 Å². The summed E-state index contributed by atoms with van der Waals surface area (Å²) in [5.41, 5.74) is 0. The van der Waals surface area contributed by atoms with Crippen molar-refractivity contribution in [2.45, 2.75) is 13.0 Å². The summed E-state index contributed by atoms with van der Waals surface area (Å²) in [6, 6.07) is 13.9. The van der Waals surface area contributed by atoms with E-state index in [9.17, 15) is 0 Å². The van der Waals surface area contributed by atoms with Crippen molar-refractivity contribution in [3.63, 3.8) is 0 Å². The van der Waals surface area contributed by atoms with E-state index in [-0.39, 0.29) is 0 Å². The Morgan fingerprint density at radius 3 is 2.50 bits per heavy atom. The smallest absolute Gasteiger partial charge is 0.191 e. The van der Waals surface area contributed by atoms with Crippen LogP contribution >= 0.6 is 0 Å². The Labute approximate surface area is 132 Å². The van der Waals surface area contributed by atoms with Crippen molar-refractivity contribution in [1.29, 1.82) is 0 Å². The zero-order chi connectivity index (χ0) is 15.5. The first kappa shape index (κ1) is 15.9. The first-order chi connectivity index (χ1) is 10.9. The molecule has 0 aliphatic rings. The summed E-state index contributed by atoms with van der Waals surface area (Å²) < 4.78 is 7.78. The SMILES string of the molecule is CN=C(NCCCOc1ccccc1)NCCn1cccc1. The molecule has 118 valence electrons. The summed E-state index contributed by atoms with van der Waals surface area (Å²) in [6.07, 6.45) is 5.03. The lowest BCUT2D eigenvalue weighted by Gasteiger charge is -2.12. The first-order valence-corrected chi connectivity index (χ1v) is 7.61. The molecule has 5 nitrogen and oxygen atoms in total. The Morgan fingerprint density at radius 1 is 1.05 bits per heavy atom. The Balaban J connectivity index is 1.54. The maximum absolute atomic E-state index is 5.65. The van der Waals surface area contributed by atoms with Gasteiger partial charge >= 0.3 is 0 Å². The molecule has 2 aromatic rings. The molecule has 0 radical (unpaired) electrons. The molecule has 22 heavy (non-hydrogen) atoms. The molecule has 5 heteroatoms.